The van der Waals surface area contributed by atoms with Crippen LogP contribution in [0.4, 0.5) is 13.2 Å². The van der Waals surface area contributed by atoms with E-state index in [1.165, 1.54) is 6.07 Å². The van der Waals surface area contributed by atoms with Gasteiger partial charge in [0.05, 0.1) is 11.6 Å². The zero-order valence-electron chi connectivity index (χ0n) is 14.0. The summed E-state index contributed by atoms with van der Waals surface area (Å²) >= 11 is 0. The van der Waals surface area contributed by atoms with Crippen molar-refractivity contribution in [2.45, 2.75) is 37.5 Å². The Hall–Kier alpha value is -2.41. The molecule has 2 unspecified atom stereocenters. The Morgan fingerprint density at radius 1 is 1.19 bits per heavy atom. The van der Waals surface area contributed by atoms with Gasteiger partial charge in [0.2, 0.25) is 0 Å². The normalized spacial score (nSPS) is 19.9. The molecule has 0 saturated carbocycles. The Morgan fingerprint density at radius 3 is 2.62 bits per heavy atom. The molecule has 0 bridgehead atoms. The fraction of sp³-hybridized carbons (Fsp3) is 0.368. The molecule has 1 fully saturated rings. The van der Waals surface area contributed by atoms with Crippen molar-refractivity contribution in [2.75, 3.05) is 6.54 Å². The van der Waals surface area contributed by atoms with Crippen molar-refractivity contribution < 1.29 is 23.1 Å². The maximum atomic E-state index is 13.2. The number of aromatic nitrogens is 1. The van der Waals surface area contributed by atoms with Crippen LogP contribution in [0.5, 0.6) is 0 Å². The van der Waals surface area contributed by atoms with Gasteiger partial charge in [0.15, 0.2) is 0 Å². The lowest BCUT2D eigenvalue weighted by molar-refractivity contribution is -0.145. The lowest BCUT2D eigenvalue weighted by Crippen LogP contribution is -2.46. The zero-order chi connectivity index (χ0) is 18.7. The van der Waals surface area contributed by atoms with Crippen molar-refractivity contribution in [3.63, 3.8) is 0 Å². The fourth-order valence-electron chi connectivity index (χ4n) is 3.53. The summed E-state index contributed by atoms with van der Waals surface area (Å²) in [5, 5.41) is 9.60. The van der Waals surface area contributed by atoms with Crippen LogP contribution < -0.4 is 0 Å². The van der Waals surface area contributed by atoms with Gasteiger partial charge in [-0.25, -0.2) is 0 Å². The minimum Gasteiger partial charge on any atom is -0.480 e. The summed E-state index contributed by atoms with van der Waals surface area (Å²) in [4.78, 5) is 17.6. The number of hydrogen-bond acceptors (Lipinski definition) is 3. The number of pyridine rings is 1. The maximum absolute atomic E-state index is 13.2. The van der Waals surface area contributed by atoms with Crippen LogP contribution in [0.15, 0.2) is 48.8 Å². The standard InChI is InChI=1S/C19H19F3N2O2/c20-19(21,22)15-7-3-5-13(11-15)17(14-6-4-9-23-12-14)24-10-2-1-8-16(24)18(25)26/h3-7,9,11-12,16-17H,1-2,8,10H2,(H,25,26). The van der Waals surface area contributed by atoms with Gasteiger partial charge in [0.25, 0.3) is 0 Å². The molecule has 1 aliphatic rings. The first-order valence-electron chi connectivity index (χ1n) is 8.43. The Labute approximate surface area is 149 Å². The Bertz CT molecular complexity index is 765. The number of aliphatic carboxylic acids is 1. The number of carboxylic acids is 1. The van der Waals surface area contributed by atoms with E-state index in [9.17, 15) is 23.1 Å². The number of hydrogen-bond donors (Lipinski definition) is 1. The van der Waals surface area contributed by atoms with Gasteiger partial charge in [-0.05, 0) is 48.7 Å². The van der Waals surface area contributed by atoms with Crippen LogP contribution >= 0.6 is 0 Å². The van der Waals surface area contributed by atoms with Gasteiger partial charge < -0.3 is 5.11 Å². The molecule has 0 amide bonds. The minimum absolute atomic E-state index is 0.418. The van der Waals surface area contributed by atoms with Crippen LogP contribution in [-0.4, -0.2) is 33.5 Å². The van der Waals surface area contributed by atoms with Crippen LogP contribution in [0.1, 0.15) is 42.0 Å². The number of benzene rings is 1. The summed E-state index contributed by atoms with van der Waals surface area (Å²) in [6.07, 6.45) is 0.778. The van der Waals surface area contributed by atoms with Crippen LogP contribution in [0, 0.1) is 0 Å². The molecule has 1 aromatic heterocycles. The monoisotopic (exact) mass is 364 g/mol. The van der Waals surface area contributed by atoms with Crippen molar-refractivity contribution >= 4 is 5.97 Å². The Morgan fingerprint density at radius 2 is 1.96 bits per heavy atom. The summed E-state index contributed by atoms with van der Waals surface area (Å²) in [6.45, 7) is 0.507. The maximum Gasteiger partial charge on any atom is 0.416 e. The topological polar surface area (TPSA) is 53.4 Å². The summed E-state index contributed by atoms with van der Waals surface area (Å²) in [6, 6.07) is 7.25. The largest absolute Gasteiger partial charge is 0.480 e. The van der Waals surface area contributed by atoms with Crippen molar-refractivity contribution in [1.82, 2.24) is 9.88 Å². The van der Waals surface area contributed by atoms with Crippen molar-refractivity contribution in [3.8, 4) is 0 Å². The first-order valence-corrected chi connectivity index (χ1v) is 8.43. The van der Waals surface area contributed by atoms with E-state index in [1.807, 2.05) is 0 Å². The quantitative estimate of drug-likeness (QED) is 0.886. The second-order valence-electron chi connectivity index (χ2n) is 6.40. The molecule has 2 aromatic rings. The predicted octanol–water partition coefficient (Wildman–Crippen LogP) is 4.13. The van der Waals surface area contributed by atoms with Crippen molar-refractivity contribution in [3.05, 3.63) is 65.5 Å². The van der Waals surface area contributed by atoms with Crippen LogP contribution in [0.25, 0.3) is 0 Å². The Balaban J connectivity index is 2.09. The number of likely N-dealkylation sites (tertiary alicyclic amines) is 1. The zero-order valence-corrected chi connectivity index (χ0v) is 14.0. The number of halogens is 3. The molecular weight excluding hydrogens is 345 g/mol. The lowest BCUT2D eigenvalue weighted by Gasteiger charge is -2.39. The molecule has 3 rings (SSSR count). The number of piperidine rings is 1. The molecule has 0 radical (unpaired) electrons. The van der Waals surface area contributed by atoms with Gasteiger partial charge >= 0.3 is 12.1 Å². The number of carboxylic acid groups (broad SMARTS) is 1. The van der Waals surface area contributed by atoms with Crippen LogP contribution in [0.2, 0.25) is 0 Å². The lowest BCUT2D eigenvalue weighted by atomic mass is 9.91. The van der Waals surface area contributed by atoms with Gasteiger partial charge in [0.1, 0.15) is 6.04 Å². The average molecular weight is 364 g/mol. The van der Waals surface area contributed by atoms with Gasteiger partial charge in [-0.1, -0.05) is 24.6 Å². The molecule has 2 heterocycles. The average Bonchev–Trinajstić information content (AvgIpc) is 2.63. The fourth-order valence-corrected chi connectivity index (χ4v) is 3.53. The summed E-state index contributed by atoms with van der Waals surface area (Å²) in [7, 11) is 0. The van der Waals surface area contributed by atoms with Crippen LogP contribution in [-0.2, 0) is 11.0 Å². The highest BCUT2D eigenvalue weighted by atomic mass is 19.4. The molecule has 0 aliphatic carbocycles. The van der Waals surface area contributed by atoms with E-state index in [0.29, 0.717) is 24.1 Å². The van der Waals surface area contributed by atoms with Crippen molar-refractivity contribution in [2.24, 2.45) is 0 Å². The van der Waals surface area contributed by atoms with Crippen molar-refractivity contribution in [1.29, 1.82) is 0 Å². The minimum atomic E-state index is -4.45. The van der Waals surface area contributed by atoms with E-state index < -0.39 is 29.8 Å². The molecule has 2 atom stereocenters. The second kappa shape index (κ2) is 7.45. The molecule has 4 nitrogen and oxygen atoms in total. The van der Waals surface area contributed by atoms with E-state index in [2.05, 4.69) is 4.98 Å². The number of nitrogens with zero attached hydrogens (tertiary/aromatic N) is 2. The molecule has 0 spiro atoms. The highest BCUT2D eigenvalue weighted by Crippen LogP contribution is 2.37. The first kappa shape index (κ1) is 18.4. The summed E-state index contributed by atoms with van der Waals surface area (Å²) in [5.41, 5.74) is 0.355. The highest BCUT2D eigenvalue weighted by molar-refractivity contribution is 5.73. The van der Waals surface area contributed by atoms with Crippen LogP contribution in [0.3, 0.4) is 0 Å². The summed E-state index contributed by atoms with van der Waals surface area (Å²) < 4.78 is 39.5. The predicted molar refractivity (Wildman–Crippen MR) is 89.5 cm³/mol. The third-order valence-electron chi connectivity index (χ3n) is 4.69. The molecule has 1 aromatic carbocycles. The number of carbonyl (C=O) groups is 1. The first-order chi connectivity index (χ1) is 12.4. The third-order valence-corrected chi connectivity index (χ3v) is 4.69. The highest BCUT2D eigenvalue weighted by Gasteiger charge is 2.37. The second-order valence-corrected chi connectivity index (χ2v) is 6.40. The molecular formula is C19H19F3N2O2. The van der Waals surface area contributed by atoms with E-state index in [1.54, 1.807) is 35.5 Å². The smallest absolute Gasteiger partial charge is 0.416 e. The molecule has 1 saturated heterocycles. The SMILES string of the molecule is O=C(O)C1CCCCN1C(c1cccnc1)c1cccc(C(F)(F)F)c1. The van der Waals surface area contributed by atoms with Gasteiger partial charge in [0, 0.05) is 12.4 Å². The third kappa shape index (κ3) is 3.88. The molecule has 1 aliphatic heterocycles. The number of rotatable bonds is 4. The van der Waals surface area contributed by atoms with E-state index >= 15 is 0 Å². The van der Waals surface area contributed by atoms with Gasteiger partial charge in [-0.3, -0.25) is 14.7 Å². The molecule has 138 valence electrons. The number of alkyl halides is 3. The molecule has 7 heteroatoms. The summed E-state index contributed by atoms with van der Waals surface area (Å²) in [5.74, 6) is -0.953. The van der Waals surface area contributed by atoms with Gasteiger partial charge in [-0.2, -0.15) is 13.2 Å². The van der Waals surface area contributed by atoms with Gasteiger partial charge in [-0.15, -0.1) is 0 Å². The van der Waals surface area contributed by atoms with E-state index in [0.717, 1.165) is 25.0 Å². The Kier molecular flexibility index (Phi) is 5.27. The molecule has 26 heavy (non-hydrogen) atoms. The van der Waals surface area contributed by atoms with E-state index in [4.69, 9.17) is 0 Å². The van der Waals surface area contributed by atoms with E-state index in [-0.39, 0.29) is 0 Å². The molecule has 1 N–H and O–H groups in total.